The summed E-state index contributed by atoms with van der Waals surface area (Å²) in [6.45, 7) is 8.95. The molecule has 0 bridgehead atoms. The maximum Gasteiger partial charge on any atom is -0.00268 e. The van der Waals surface area contributed by atoms with Crippen molar-refractivity contribution in [3.05, 3.63) is 83.9 Å². The highest BCUT2D eigenvalue weighted by Crippen LogP contribution is 2.37. The molecule has 0 radical (unpaired) electrons. The van der Waals surface area contributed by atoms with Gasteiger partial charge in [-0.25, -0.2) is 0 Å². The molecule has 0 amide bonds. The maximum absolute atomic E-state index is 2.31. The second-order valence-corrected chi connectivity index (χ2v) is 8.02. The normalized spacial score (nSPS) is 12.0. The van der Waals surface area contributed by atoms with E-state index in [0.717, 1.165) is 0 Å². The zero-order chi connectivity index (χ0) is 17.6. The van der Waals surface area contributed by atoms with Crippen LogP contribution in [0.4, 0.5) is 0 Å². The average Bonchev–Trinajstić information content (AvgIpc) is 2.59. The fourth-order valence-corrected chi connectivity index (χ4v) is 3.64. The molecule has 124 valence electrons. The summed E-state index contributed by atoms with van der Waals surface area (Å²) in [5.41, 5.74) is 5.48. The molecule has 25 heavy (non-hydrogen) atoms. The molecule has 4 aromatic rings. The fraction of sp³-hybridized carbons (Fsp3) is 0.200. The zero-order valence-corrected chi connectivity index (χ0v) is 15.4. The molecule has 0 aliphatic heterocycles. The molecule has 0 N–H and O–H groups in total. The Balaban J connectivity index is 2.04. The van der Waals surface area contributed by atoms with Gasteiger partial charge in [0.05, 0.1) is 0 Å². The molecular formula is C25H24. The van der Waals surface area contributed by atoms with E-state index in [1.165, 1.54) is 43.8 Å². The van der Waals surface area contributed by atoms with Gasteiger partial charge >= 0.3 is 0 Å². The molecule has 4 rings (SSSR count). The lowest BCUT2D eigenvalue weighted by Gasteiger charge is -2.20. The first kappa shape index (κ1) is 15.9. The second kappa shape index (κ2) is 5.74. The van der Waals surface area contributed by atoms with Crippen molar-refractivity contribution in [1.29, 1.82) is 0 Å². The molecule has 0 aliphatic carbocycles. The summed E-state index contributed by atoms with van der Waals surface area (Å²) in [5.74, 6) is 0. The molecular weight excluding hydrogens is 300 g/mol. The molecule has 0 saturated carbocycles. The van der Waals surface area contributed by atoms with Gasteiger partial charge in [-0.2, -0.15) is 0 Å². The first-order valence-electron chi connectivity index (χ1n) is 8.96. The van der Waals surface area contributed by atoms with Crippen molar-refractivity contribution in [2.45, 2.75) is 33.1 Å². The van der Waals surface area contributed by atoms with Gasteiger partial charge in [-0.3, -0.25) is 0 Å². The van der Waals surface area contributed by atoms with E-state index in [0.29, 0.717) is 0 Å². The lowest BCUT2D eigenvalue weighted by molar-refractivity contribution is 0.590. The number of rotatable bonds is 1. The van der Waals surface area contributed by atoms with Crippen LogP contribution in [0.5, 0.6) is 0 Å². The maximum atomic E-state index is 2.31. The van der Waals surface area contributed by atoms with Gasteiger partial charge in [0.1, 0.15) is 0 Å². The molecule has 0 heteroatoms. The van der Waals surface area contributed by atoms with E-state index in [1.807, 2.05) is 0 Å². The van der Waals surface area contributed by atoms with Crippen LogP contribution in [0.15, 0.2) is 72.8 Å². The molecule has 0 atom stereocenters. The largest absolute Gasteiger partial charge is 0.0616 e. The Labute approximate surface area is 150 Å². The molecule has 0 nitrogen and oxygen atoms in total. The number of fused-ring (bicyclic) bond motifs is 2. The molecule has 0 fully saturated rings. The third kappa shape index (κ3) is 2.82. The molecule has 0 aromatic heterocycles. The third-order valence-electron chi connectivity index (χ3n) is 5.06. The fourth-order valence-electron chi connectivity index (χ4n) is 3.64. The van der Waals surface area contributed by atoms with E-state index in [4.69, 9.17) is 0 Å². The second-order valence-electron chi connectivity index (χ2n) is 8.02. The van der Waals surface area contributed by atoms with Crippen molar-refractivity contribution in [1.82, 2.24) is 0 Å². The SMILES string of the molecule is Cc1ccc2c(-c3ccc(C(C)(C)C)cc3)c3ccccc3cc2c1. The monoisotopic (exact) mass is 324 g/mol. The van der Waals surface area contributed by atoms with Crippen LogP contribution in [0.2, 0.25) is 0 Å². The van der Waals surface area contributed by atoms with Gasteiger partial charge in [0.2, 0.25) is 0 Å². The van der Waals surface area contributed by atoms with Crippen LogP contribution < -0.4 is 0 Å². The summed E-state index contributed by atoms with van der Waals surface area (Å²) in [7, 11) is 0. The van der Waals surface area contributed by atoms with Crippen LogP contribution in [-0.2, 0) is 5.41 Å². The molecule has 0 unspecified atom stereocenters. The smallest absolute Gasteiger partial charge is 0.00268 e. The average molecular weight is 324 g/mol. The van der Waals surface area contributed by atoms with Crippen molar-refractivity contribution in [2.24, 2.45) is 0 Å². The Kier molecular flexibility index (Phi) is 3.65. The summed E-state index contributed by atoms with van der Waals surface area (Å²) in [6, 6.07) is 26.9. The Hall–Kier alpha value is -2.60. The Morgan fingerprint density at radius 1 is 0.640 bits per heavy atom. The van der Waals surface area contributed by atoms with Crippen molar-refractivity contribution >= 4 is 21.5 Å². The van der Waals surface area contributed by atoms with E-state index < -0.39 is 0 Å². The predicted molar refractivity (Wildman–Crippen MR) is 110 cm³/mol. The number of hydrogen-bond acceptors (Lipinski definition) is 0. The summed E-state index contributed by atoms with van der Waals surface area (Å²) in [5, 5.41) is 5.26. The van der Waals surface area contributed by atoms with Gasteiger partial charge in [-0.15, -0.1) is 0 Å². The Morgan fingerprint density at radius 2 is 1.32 bits per heavy atom. The van der Waals surface area contributed by atoms with Crippen molar-refractivity contribution in [2.75, 3.05) is 0 Å². The van der Waals surface area contributed by atoms with Crippen LogP contribution in [0.3, 0.4) is 0 Å². The van der Waals surface area contributed by atoms with Crippen molar-refractivity contribution in [3.63, 3.8) is 0 Å². The Bertz CT molecular complexity index is 1060. The molecule has 0 heterocycles. The number of hydrogen-bond donors (Lipinski definition) is 0. The number of benzene rings is 4. The minimum Gasteiger partial charge on any atom is -0.0616 e. The minimum atomic E-state index is 0.177. The minimum absolute atomic E-state index is 0.177. The van der Waals surface area contributed by atoms with Crippen LogP contribution >= 0.6 is 0 Å². The molecule has 0 spiro atoms. The Morgan fingerprint density at radius 3 is 2.04 bits per heavy atom. The summed E-state index contributed by atoms with van der Waals surface area (Å²) >= 11 is 0. The lowest BCUT2D eigenvalue weighted by Crippen LogP contribution is -2.10. The van der Waals surface area contributed by atoms with E-state index in [-0.39, 0.29) is 5.41 Å². The summed E-state index contributed by atoms with van der Waals surface area (Å²) < 4.78 is 0. The van der Waals surface area contributed by atoms with Gasteiger partial charge in [-0.1, -0.05) is 93.1 Å². The summed E-state index contributed by atoms with van der Waals surface area (Å²) in [4.78, 5) is 0. The number of aryl methyl sites for hydroxylation is 1. The highest BCUT2D eigenvalue weighted by Gasteiger charge is 2.15. The topological polar surface area (TPSA) is 0 Å². The highest BCUT2D eigenvalue weighted by molar-refractivity contribution is 6.12. The van der Waals surface area contributed by atoms with E-state index >= 15 is 0 Å². The van der Waals surface area contributed by atoms with Crippen LogP contribution in [-0.4, -0.2) is 0 Å². The summed E-state index contributed by atoms with van der Waals surface area (Å²) in [6.07, 6.45) is 0. The van der Waals surface area contributed by atoms with Gasteiger partial charge in [0.15, 0.2) is 0 Å². The predicted octanol–water partition coefficient (Wildman–Crippen LogP) is 7.27. The highest BCUT2D eigenvalue weighted by atomic mass is 14.2. The van der Waals surface area contributed by atoms with Gasteiger partial charge in [0.25, 0.3) is 0 Å². The molecule has 0 saturated heterocycles. The van der Waals surface area contributed by atoms with E-state index in [2.05, 4.69) is 100 Å². The molecule has 0 aliphatic rings. The van der Waals surface area contributed by atoms with Crippen molar-refractivity contribution in [3.8, 4) is 11.1 Å². The standard InChI is InChI=1S/C25H24/c1-17-9-14-23-20(15-17)16-19-7-5-6-8-22(19)24(23)18-10-12-21(13-11-18)25(2,3)4/h5-16H,1-4H3. The van der Waals surface area contributed by atoms with Gasteiger partial charge in [-0.05, 0) is 56.6 Å². The zero-order valence-electron chi connectivity index (χ0n) is 15.4. The van der Waals surface area contributed by atoms with Crippen LogP contribution in [0, 0.1) is 6.92 Å². The first-order chi connectivity index (χ1) is 11.9. The van der Waals surface area contributed by atoms with Crippen LogP contribution in [0.25, 0.3) is 32.7 Å². The van der Waals surface area contributed by atoms with Gasteiger partial charge < -0.3 is 0 Å². The quantitative estimate of drug-likeness (QED) is 0.323. The first-order valence-corrected chi connectivity index (χ1v) is 8.96. The van der Waals surface area contributed by atoms with E-state index in [9.17, 15) is 0 Å². The lowest BCUT2D eigenvalue weighted by atomic mass is 9.85. The third-order valence-corrected chi connectivity index (χ3v) is 5.06. The van der Waals surface area contributed by atoms with Crippen LogP contribution in [0.1, 0.15) is 31.9 Å². The van der Waals surface area contributed by atoms with Gasteiger partial charge in [0, 0.05) is 0 Å². The van der Waals surface area contributed by atoms with Crippen molar-refractivity contribution < 1.29 is 0 Å². The molecule has 4 aromatic carbocycles. The van der Waals surface area contributed by atoms with E-state index in [1.54, 1.807) is 0 Å².